The smallest absolute Gasteiger partial charge is 0.241 e. The number of thiol groups is 1. The number of ether oxygens (including phenoxy) is 1. The molecule has 1 rings (SSSR count). The molecule has 152 valence electrons. The summed E-state index contributed by atoms with van der Waals surface area (Å²) in [6.07, 6.45) is 2.55. The van der Waals surface area contributed by atoms with Gasteiger partial charge in [-0.2, -0.15) is 0 Å². The zero-order valence-corrected chi connectivity index (χ0v) is 18.4. The van der Waals surface area contributed by atoms with E-state index in [0.29, 0.717) is 30.5 Å². The molecule has 1 heterocycles. The summed E-state index contributed by atoms with van der Waals surface area (Å²) in [5, 5.41) is 6.68. The summed E-state index contributed by atoms with van der Waals surface area (Å²) in [7, 11) is -2.75. The van der Waals surface area contributed by atoms with Gasteiger partial charge in [0.05, 0.1) is 4.75 Å². The van der Waals surface area contributed by atoms with Crippen LogP contribution in [0.25, 0.3) is 0 Å². The summed E-state index contributed by atoms with van der Waals surface area (Å²) >= 11 is 0. The highest BCUT2D eigenvalue weighted by Crippen LogP contribution is 2.29. The molecule has 0 aliphatic carbocycles. The monoisotopic (exact) mass is 388 g/mol. The molecule has 1 aromatic rings. The van der Waals surface area contributed by atoms with Crippen LogP contribution in [-0.4, -0.2) is 45.2 Å². The van der Waals surface area contributed by atoms with E-state index in [4.69, 9.17) is 9.26 Å². The third-order valence-corrected chi connectivity index (χ3v) is 8.74. The molecule has 1 N–H and O–H groups in total. The number of anilines is 1. The van der Waals surface area contributed by atoms with Crippen molar-refractivity contribution in [2.75, 3.05) is 30.5 Å². The zero-order valence-electron chi connectivity index (χ0n) is 17.5. The van der Waals surface area contributed by atoms with Crippen LogP contribution in [0.1, 0.15) is 60.6 Å². The van der Waals surface area contributed by atoms with Gasteiger partial charge >= 0.3 is 0 Å². The van der Waals surface area contributed by atoms with Crippen molar-refractivity contribution in [2.45, 2.75) is 65.0 Å². The molecule has 1 amide bonds. The predicted molar refractivity (Wildman–Crippen MR) is 109 cm³/mol. The van der Waals surface area contributed by atoms with Crippen LogP contribution in [0, 0.1) is 5.92 Å². The van der Waals surface area contributed by atoms with Gasteiger partial charge in [-0.25, -0.2) is 0 Å². The van der Waals surface area contributed by atoms with Gasteiger partial charge in [0.1, 0.15) is 5.76 Å². The summed E-state index contributed by atoms with van der Waals surface area (Å²) in [5.74, 6) is 1.48. The molecule has 7 heteroatoms. The Balaban J connectivity index is 2.79. The van der Waals surface area contributed by atoms with E-state index < -0.39 is 14.7 Å². The van der Waals surface area contributed by atoms with E-state index in [1.807, 2.05) is 27.7 Å². The van der Waals surface area contributed by atoms with Crippen molar-refractivity contribution in [3.05, 3.63) is 11.8 Å². The zero-order chi connectivity index (χ0) is 20.2. The standard InChI is InChI=1S/C19H36N2O4S/c1-9-24-11-10-14(2)13-26(8,23)19(6,7)17(22)20-16-12-15(25-21-16)18(3,4)5/h12,14,26H,9-11,13H2,1-8H3,(H,20,21,22). The topological polar surface area (TPSA) is 81.4 Å². The Kier molecular flexibility index (Phi) is 7.60. The average molecular weight is 389 g/mol. The van der Waals surface area contributed by atoms with E-state index in [1.165, 1.54) is 0 Å². The fourth-order valence-corrected chi connectivity index (χ4v) is 4.83. The summed E-state index contributed by atoms with van der Waals surface area (Å²) in [5.41, 5.74) is -0.193. The number of carbonyl (C=O) groups is 1. The third-order valence-electron chi connectivity index (χ3n) is 4.85. The second kappa shape index (κ2) is 8.65. The largest absolute Gasteiger partial charge is 0.382 e. The maximum atomic E-state index is 13.3. The van der Waals surface area contributed by atoms with Crippen LogP contribution in [0.3, 0.4) is 0 Å². The molecule has 0 radical (unpaired) electrons. The van der Waals surface area contributed by atoms with Gasteiger partial charge in [-0.3, -0.25) is 9.00 Å². The second-order valence-electron chi connectivity index (χ2n) is 8.71. The lowest BCUT2D eigenvalue weighted by molar-refractivity contribution is -0.117. The number of amides is 1. The highest BCUT2D eigenvalue weighted by Gasteiger charge is 2.40. The Labute approximate surface area is 158 Å². The molecule has 0 saturated heterocycles. The number of hydrogen-bond donors (Lipinski definition) is 2. The molecule has 1 unspecified atom stereocenters. The minimum atomic E-state index is -2.75. The number of nitrogens with one attached hydrogen (secondary N) is 1. The van der Waals surface area contributed by atoms with E-state index in [1.54, 1.807) is 26.2 Å². The number of aromatic nitrogens is 1. The van der Waals surface area contributed by atoms with Gasteiger partial charge in [0.25, 0.3) is 0 Å². The Morgan fingerprint density at radius 2 is 1.96 bits per heavy atom. The number of hydrogen-bond acceptors (Lipinski definition) is 5. The summed E-state index contributed by atoms with van der Waals surface area (Å²) < 4.78 is 23.0. The first kappa shape index (κ1) is 22.8. The highest BCUT2D eigenvalue weighted by atomic mass is 32.2. The Morgan fingerprint density at radius 1 is 1.35 bits per heavy atom. The SMILES string of the molecule is CCOCCC(C)C[SH](C)(=O)C(C)(C)C(=O)Nc1cc(C(C)(C)C)on1. The van der Waals surface area contributed by atoms with Crippen LogP contribution < -0.4 is 5.32 Å². The van der Waals surface area contributed by atoms with Gasteiger partial charge in [-0.15, -0.1) is 0 Å². The number of rotatable bonds is 9. The van der Waals surface area contributed by atoms with Crippen LogP contribution >= 0.6 is 0 Å². The number of nitrogens with zero attached hydrogens (tertiary/aromatic N) is 1. The van der Waals surface area contributed by atoms with Crippen LogP contribution in [0.2, 0.25) is 0 Å². The minimum absolute atomic E-state index is 0.193. The first-order valence-electron chi connectivity index (χ1n) is 9.24. The van der Waals surface area contributed by atoms with E-state index in [-0.39, 0.29) is 17.2 Å². The molecule has 0 aromatic carbocycles. The molecule has 0 aliphatic rings. The molecule has 0 fully saturated rings. The maximum absolute atomic E-state index is 13.3. The molecule has 26 heavy (non-hydrogen) atoms. The van der Waals surface area contributed by atoms with Crippen molar-refractivity contribution in [3.63, 3.8) is 0 Å². The molecule has 0 aliphatic heterocycles. The molecule has 1 atom stereocenters. The lowest BCUT2D eigenvalue weighted by Crippen LogP contribution is -2.50. The van der Waals surface area contributed by atoms with Crippen molar-refractivity contribution in [2.24, 2.45) is 5.92 Å². The first-order chi connectivity index (χ1) is 11.8. The van der Waals surface area contributed by atoms with Gasteiger partial charge in [0.15, 0.2) is 5.82 Å². The quantitative estimate of drug-likeness (QED) is 0.500. The third kappa shape index (κ3) is 5.91. The molecule has 0 saturated carbocycles. The van der Waals surface area contributed by atoms with Gasteiger partial charge < -0.3 is 14.6 Å². The summed E-state index contributed by atoms with van der Waals surface area (Å²) in [4.78, 5) is 12.8. The second-order valence-corrected chi connectivity index (χ2v) is 12.4. The van der Waals surface area contributed by atoms with Crippen molar-refractivity contribution < 1.29 is 18.3 Å². The van der Waals surface area contributed by atoms with Crippen LogP contribution in [0.5, 0.6) is 0 Å². The van der Waals surface area contributed by atoms with E-state index in [0.717, 1.165) is 6.42 Å². The van der Waals surface area contributed by atoms with Gasteiger partial charge in [0, 0.05) is 30.4 Å². The van der Waals surface area contributed by atoms with Gasteiger partial charge in [-0.1, -0.05) is 42.8 Å². The van der Waals surface area contributed by atoms with Gasteiger partial charge in [-0.05, 0) is 39.4 Å². The van der Waals surface area contributed by atoms with Crippen LogP contribution in [0.4, 0.5) is 5.82 Å². The fraction of sp³-hybridized carbons (Fsp3) is 0.789. The Bertz CT molecular complexity index is 646. The van der Waals surface area contributed by atoms with E-state index >= 15 is 0 Å². The van der Waals surface area contributed by atoms with Crippen LogP contribution in [0.15, 0.2) is 10.6 Å². The van der Waals surface area contributed by atoms with E-state index in [2.05, 4.69) is 17.4 Å². The predicted octanol–water partition coefficient (Wildman–Crippen LogP) is 3.40. The highest BCUT2D eigenvalue weighted by molar-refractivity contribution is 8.04. The molecule has 0 bridgehead atoms. The molecule has 1 aromatic heterocycles. The maximum Gasteiger partial charge on any atom is 0.241 e. The van der Waals surface area contributed by atoms with Crippen molar-refractivity contribution >= 4 is 21.7 Å². The lowest BCUT2D eigenvalue weighted by Gasteiger charge is -2.36. The summed E-state index contributed by atoms with van der Waals surface area (Å²) in [6, 6.07) is 1.72. The summed E-state index contributed by atoms with van der Waals surface area (Å²) in [6.45, 7) is 14.8. The van der Waals surface area contributed by atoms with Gasteiger partial charge in [0.2, 0.25) is 5.91 Å². The molecular weight excluding hydrogens is 352 g/mol. The Morgan fingerprint density at radius 3 is 2.46 bits per heavy atom. The van der Waals surface area contributed by atoms with Crippen molar-refractivity contribution in [1.29, 1.82) is 0 Å². The molecule has 6 nitrogen and oxygen atoms in total. The fourth-order valence-electron chi connectivity index (χ4n) is 2.51. The molecular formula is C19H36N2O4S. The molecule has 0 spiro atoms. The normalized spacial score (nSPS) is 14.9. The first-order valence-corrected chi connectivity index (χ1v) is 11.6. The lowest BCUT2D eigenvalue weighted by atomic mass is 9.93. The Hall–Kier alpha value is -1.21. The van der Waals surface area contributed by atoms with Crippen molar-refractivity contribution in [1.82, 2.24) is 5.16 Å². The number of carbonyl (C=O) groups excluding carboxylic acids is 1. The average Bonchev–Trinajstić information content (AvgIpc) is 2.95. The van der Waals surface area contributed by atoms with E-state index in [9.17, 15) is 9.00 Å². The minimum Gasteiger partial charge on any atom is -0.382 e. The van der Waals surface area contributed by atoms with Crippen LogP contribution in [-0.2, 0) is 24.9 Å². The van der Waals surface area contributed by atoms with Crippen molar-refractivity contribution in [3.8, 4) is 0 Å².